The van der Waals surface area contributed by atoms with Crippen LogP contribution < -0.4 is 10.2 Å². The van der Waals surface area contributed by atoms with Gasteiger partial charge in [-0.05, 0) is 25.6 Å². The average molecular weight is 250 g/mol. The van der Waals surface area contributed by atoms with E-state index in [2.05, 4.69) is 18.9 Å². The first-order chi connectivity index (χ1) is 8.65. The fraction of sp³-hybridized carbons (Fsp3) is 0.462. The van der Waals surface area contributed by atoms with Gasteiger partial charge in [0.1, 0.15) is 12.4 Å². The zero-order chi connectivity index (χ0) is 13.1. The van der Waals surface area contributed by atoms with E-state index in [-0.39, 0.29) is 0 Å². The number of benzene rings is 1. The maximum Gasteiger partial charge on any atom is 0.274 e. The summed E-state index contributed by atoms with van der Waals surface area (Å²) in [5.41, 5.74) is 3.08. The molecule has 0 saturated carbocycles. The molecule has 0 spiro atoms. The van der Waals surface area contributed by atoms with E-state index in [9.17, 15) is 4.79 Å². The molecule has 0 radical (unpaired) electrons. The lowest BCUT2D eigenvalue weighted by Crippen LogP contribution is -2.33. The van der Waals surface area contributed by atoms with Gasteiger partial charge < -0.3 is 4.74 Å². The molecule has 0 aromatic heterocycles. The number of ether oxygens (including phenoxy) is 1. The van der Waals surface area contributed by atoms with Gasteiger partial charge in [0.05, 0.1) is 0 Å². The Morgan fingerprint density at radius 3 is 3.06 bits per heavy atom. The smallest absolute Gasteiger partial charge is 0.274 e. The number of nitrogens with zero attached hydrogens (tertiary/aromatic N) is 1. The number of hydroxylamine groups is 1. The van der Waals surface area contributed by atoms with Crippen LogP contribution in [0.1, 0.15) is 29.3 Å². The van der Waals surface area contributed by atoms with Gasteiger partial charge in [0.15, 0.2) is 0 Å². The number of carbonyl (C=O) groups is 1. The Balaban J connectivity index is 2.27. The highest BCUT2D eigenvalue weighted by molar-refractivity contribution is 5.93. The fourth-order valence-electron chi connectivity index (χ4n) is 2.17. The predicted molar refractivity (Wildman–Crippen MR) is 66.7 cm³/mol. The summed E-state index contributed by atoms with van der Waals surface area (Å²) in [6.45, 7) is 3.55. The lowest BCUT2D eigenvalue weighted by atomic mass is 10.1. The highest BCUT2D eigenvalue weighted by Gasteiger charge is 2.21. The van der Waals surface area contributed by atoms with E-state index in [0.717, 1.165) is 24.3 Å². The Morgan fingerprint density at radius 1 is 1.61 bits per heavy atom. The summed E-state index contributed by atoms with van der Waals surface area (Å²) in [4.78, 5) is 13.6. The molecule has 0 bridgehead atoms. The Labute approximate surface area is 106 Å². The summed E-state index contributed by atoms with van der Waals surface area (Å²) in [6, 6.07) is 5.61. The van der Waals surface area contributed by atoms with Crippen LogP contribution in [-0.4, -0.2) is 35.7 Å². The topological polar surface area (TPSA) is 61.8 Å². The van der Waals surface area contributed by atoms with Gasteiger partial charge in [-0.2, -0.15) is 0 Å². The molecule has 0 fully saturated rings. The molecule has 1 atom stereocenters. The number of hydrogen-bond acceptors (Lipinski definition) is 4. The van der Waals surface area contributed by atoms with Crippen LogP contribution in [0.25, 0.3) is 0 Å². The Morgan fingerprint density at radius 2 is 2.39 bits per heavy atom. The van der Waals surface area contributed by atoms with Gasteiger partial charge >= 0.3 is 0 Å². The Kier molecular flexibility index (Phi) is 3.84. The first-order valence-corrected chi connectivity index (χ1v) is 6.06. The maximum absolute atomic E-state index is 11.3. The van der Waals surface area contributed by atoms with Crippen LogP contribution in [-0.2, 0) is 6.54 Å². The Bertz CT molecular complexity index is 448. The first-order valence-electron chi connectivity index (χ1n) is 6.06. The summed E-state index contributed by atoms with van der Waals surface area (Å²) < 4.78 is 5.75. The van der Waals surface area contributed by atoms with Crippen molar-refractivity contribution in [2.75, 3.05) is 13.7 Å². The normalized spacial score (nSPS) is 19.6. The van der Waals surface area contributed by atoms with Crippen LogP contribution in [0.4, 0.5) is 0 Å². The number of amides is 1. The van der Waals surface area contributed by atoms with Crippen molar-refractivity contribution in [3.63, 3.8) is 0 Å². The highest BCUT2D eigenvalue weighted by atomic mass is 16.5. The van der Waals surface area contributed by atoms with Crippen molar-refractivity contribution in [3.8, 4) is 5.75 Å². The SMILES string of the molecule is CCC1COc2cc(C(=O)NO)ccc2CN1C. The summed E-state index contributed by atoms with van der Waals surface area (Å²) in [5, 5.41) is 8.62. The van der Waals surface area contributed by atoms with Crippen LogP contribution in [0.5, 0.6) is 5.75 Å². The molecule has 1 aromatic carbocycles. The molecular weight excluding hydrogens is 232 g/mol. The molecule has 2 N–H and O–H groups in total. The summed E-state index contributed by atoms with van der Waals surface area (Å²) in [5.74, 6) is 0.199. The molecule has 0 aliphatic carbocycles. The minimum atomic E-state index is -0.522. The van der Waals surface area contributed by atoms with E-state index in [1.165, 1.54) is 0 Å². The molecule has 1 amide bonds. The molecule has 2 rings (SSSR count). The molecule has 98 valence electrons. The van der Waals surface area contributed by atoms with Crippen molar-refractivity contribution in [2.24, 2.45) is 0 Å². The van der Waals surface area contributed by atoms with Crippen molar-refractivity contribution in [3.05, 3.63) is 29.3 Å². The second kappa shape index (κ2) is 5.37. The number of carbonyl (C=O) groups excluding carboxylic acids is 1. The van der Waals surface area contributed by atoms with Crippen LogP contribution in [0.15, 0.2) is 18.2 Å². The van der Waals surface area contributed by atoms with Gasteiger partial charge in [-0.3, -0.25) is 14.9 Å². The monoisotopic (exact) mass is 250 g/mol. The van der Waals surface area contributed by atoms with Crippen molar-refractivity contribution >= 4 is 5.91 Å². The molecule has 1 aromatic rings. The molecular formula is C13H18N2O3. The molecule has 5 nitrogen and oxygen atoms in total. The maximum atomic E-state index is 11.3. The van der Waals surface area contributed by atoms with Crippen LogP contribution in [0.2, 0.25) is 0 Å². The standard InChI is InChI=1S/C13H18N2O3/c1-3-11-8-18-12-6-9(13(16)14-17)4-5-10(12)7-15(11)2/h4-6,11,17H,3,7-8H2,1-2H3,(H,14,16). The molecule has 18 heavy (non-hydrogen) atoms. The van der Waals surface area contributed by atoms with Gasteiger partial charge in [-0.15, -0.1) is 0 Å². The van der Waals surface area contributed by atoms with Gasteiger partial charge in [0.2, 0.25) is 0 Å². The number of likely N-dealkylation sites (N-methyl/N-ethyl adjacent to an activating group) is 1. The van der Waals surface area contributed by atoms with E-state index in [1.54, 1.807) is 17.6 Å². The van der Waals surface area contributed by atoms with Crippen molar-refractivity contribution in [2.45, 2.75) is 25.9 Å². The lowest BCUT2D eigenvalue weighted by Gasteiger charge is -2.22. The molecule has 1 unspecified atom stereocenters. The quantitative estimate of drug-likeness (QED) is 0.615. The average Bonchev–Trinajstić information content (AvgIpc) is 2.55. The summed E-state index contributed by atoms with van der Waals surface area (Å²) in [7, 11) is 2.07. The van der Waals surface area contributed by atoms with Crippen molar-refractivity contribution in [1.82, 2.24) is 10.4 Å². The third kappa shape index (κ3) is 2.47. The van der Waals surface area contributed by atoms with Gasteiger partial charge in [-0.1, -0.05) is 13.0 Å². The third-order valence-electron chi connectivity index (χ3n) is 3.38. The van der Waals surface area contributed by atoms with Crippen LogP contribution in [0, 0.1) is 0 Å². The molecule has 1 heterocycles. The minimum absolute atomic E-state index is 0.382. The molecule has 0 saturated heterocycles. The van der Waals surface area contributed by atoms with E-state index in [1.807, 2.05) is 6.07 Å². The van der Waals surface area contributed by atoms with Gasteiger partial charge in [0, 0.05) is 23.7 Å². The molecule has 1 aliphatic heterocycles. The zero-order valence-electron chi connectivity index (χ0n) is 10.6. The summed E-state index contributed by atoms with van der Waals surface area (Å²) in [6.07, 6.45) is 1.02. The van der Waals surface area contributed by atoms with E-state index in [4.69, 9.17) is 9.94 Å². The highest BCUT2D eigenvalue weighted by Crippen LogP contribution is 2.26. The van der Waals surface area contributed by atoms with E-state index in [0.29, 0.717) is 18.2 Å². The number of fused-ring (bicyclic) bond motifs is 1. The molecule has 1 aliphatic rings. The second-order valence-electron chi connectivity index (χ2n) is 4.55. The minimum Gasteiger partial charge on any atom is -0.492 e. The number of nitrogens with one attached hydrogen (secondary N) is 1. The number of rotatable bonds is 2. The predicted octanol–water partition coefficient (Wildman–Crippen LogP) is 1.41. The lowest BCUT2D eigenvalue weighted by molar-refractivity contribution is 0.0706. The third-order valence-corrected chi connectivity index (χ3v) is 3.38. The Hall–Kier alpha value is -1.59. The van der Waals surface area contributed by atoms with E-state index >= 15 is 0 Å². The number of hydrogen-bond donors (Lipinski definition) is 2. The van der Waals surface area contributed by atoms with Crippen LogP contribution in [0.3, 0.4) is 0 Å². The fourth-order valence-corrected chi connectivity index (χ4v) is 2.17. The molecule has 5 heteroatoms. The van der Waals surface area contributed by atoms with Gasteiger partial charge in [0.25, 0.3) is 5.91 Å². The summed E-state index contributed by atoms with van der Waals surface area (Å²) >= 11 is 0. The van der Waals surface area contributed by atoms with Crippen molar-refractivity contribution < 1.29 is 14.7 Å². The van der Waals surface area contributed by atoms with E-state index < -0.39 is 5.91 Å². The van der Waals surface area contributed by atoms with Crippen molar-refractivity contribution in [1.29, 1.82) is 0 Å². The zero-order valence-corrected chi connectivity index (χ0v) is 10.6. The van der Waals surface area contributed by atoms with Gasteiger partial charge in [-0.25, -0.2) is 5.48 Å². The first kappa shape index (κ1) is 12.9. The van der Waals surface area contributed by atoms with Crippen LogP contribution >= 0.6 is 0 Å². The largest absolute Gasteiger partial charge is 0.492 e. The second-order valence-corrected chi connectivity index (χ2v) is 4.55.